The minimum Gasteiger partial charge on any atom is -0.444 e. The van der Waals surface area contributed by atoms with Crippen LogP contribution in [0.3, 0.4) is 0 Å². The zero-order valence-electron chi connectivity index (χ0n) is 20.6. The van der Waals surface area contributed by atoms with Crippen molar-refractivity contribution in [2.24, 2.45) is 5.73 Å². The molecule has 0 radical (unpaired) electrons. The monoisotopic (exact) mass is 592 g/mol. The average molecular weight is 593 g/mol. The van der Waals surface area contributed by atoms with Gasteiger partial charge < -0.3 is 20.3 Å². The van der Waals surface area contributed by atoms with Crippen molar-refractivity contribution < 1.29 is 45.5 Å². The van der Waals surface area contributed by atoms with Gasteiger partial charge in [0.05, 0.1) is 17.7 Å². The van der Waals surface area contributed by atoms with Gasteiger partial charge in [-0.25, -0.2) is 4.79 Å². The lowest BCUT2D eigenvalue weighted by atomic mass is 10.0. The highest BCUT2D eigenvalue weighted by Crippen LogP contribution is 2.36. The SMILES string of the molecule is NC[C@H]1C(=O)N(Cc2ccccc2Cl)CC2N(C(=O)OCc3cc(C(F)(F)F)cc(C(F)(F)F)c3)CCC(=O)N21. The Morgan fingerprint density at radius 2 is 1.65 bits per heavy atom. The predicted molar refractivity (Wildman–Crippen MR) is 128 cm³/mol. The quantitative estimate of drug-likeness (QED) is 0.524. The van der Waals surface area contributed by atoms with Gasteiger partial charge in [0.15, 0.2) is 0 Å². The van der Waals surface area contributed by atoms with Gasteiger partial charge in [-0.15, -0.1) is 0 Å². The number of halogens is 7. The normalized spacial score (nSPS) is 20.1. The molecule has 2 fully saturated rings. The maximum Gasteiger partial charge on any atom is 0.416 e. The van der Waals surface area contributed by atoms with E-state index in [4.69, 9.17) is 22.1 Å². The van der Waals surface area contributed by atoms with E-state index in [1.54, 1.807) is 24.3 Å². The number of hydrogen-bond donors (Lipinski definition) is 1. The third kappa shape index (κ3) is 6.12. The van der Waals surface area contributed by atoms with Gasteiger partial charge in [0, 0.05) is 31.1 Å². The molecule has 2 atom stereocenters. The van der Waals surface area contributed by atoms with Crippen LogP contribution in [0.15, 0.2) is 42.5 Å². The molecule has 15 heteroatoms. The highest BCUT2D eigenvalue weighted by atomic mass is 35.5. The zero-order valence-corrected chi connectivity index (χ0v) is 21.4. The van der Waals surface area contributed by atoms with E-state index in [0.717, 1.165) is 4.90 Å². The lowest BCUT2D eigenvalue weighted by molar-refractivity contribution is -0.167. The van der Waals surface area contributed by atoms with Gasteiger partial charge in [0.2, 0.25) is 11.8 Å². The maximum absolute atomic E-state index is 13.2. The minimum absolute atomic E-state index is 0.0287. The molecular weight excluding hydrogens is 570 g/mol. The van der Waals surface area contributed by atoms with Gasteiger partial charge in [-0.1, -0.05) is 29.8 Å². The molecule has 40 heavy (non-hydrogen) atoms. The predicted octanol–water partition coefficient (Wildman–Crippen LogP) is 4.24. The maximum atomic E-state index is 13.2. The Labute approximate surface area is 229 Å². The molecule has 0 saturated carbocycles. The fourth-order valence-electron chi connectivity index (χ4n) is 4.73. The molecule has 1 unspecified atom stereocenters. The van der Waals surface area contributed by atoms with Gasteiger partial charge in [-0.2, -0.15) is 26.3 Å². The molecule has 0 aromatic heterocycles. The number of ether oxygens (including phenoxy) is 1. The van der Waals surface area contributed by atoms with Crippen LogP contribution in [-0.2, 0) is 39.8 Å². The summed E-state index contributed by atoms with van der Waals surface area (Å²) in [6.07, 6.45) is -12.4. The van der Waals surface area contributed by atoms with Crippen molar-refractivity contribution in [2.75, 3.05) is 19.6 Å². The van der Waals surface area contributed by atoms with Gasteiger partial charge in [0.1, 0.15) is 18.8 Å². The summed E-state index contributed by atoms with van der Waals surface area (Å²) in [5.74, 6) is -0.908. The number of alkyl halides is 6. The number of carbonyl (C=O) groups is 3. The zero-order chi connectivity index (χ0) is 29.4. The first kappa shape index (κ1) is 29.5. The Balaban J connectivity index is 1.57. The molecule has 0 aliphatic carbocycles. The standard InChI is InChI=1S/C25H23ClF6N4O4/c26-18-4-2-1-3-15(18)11-34-12-20-35(6-5-21(37)36(20)19(10-33)22(34)38)23(39)40-13-14-7-16(24(27,28)29)9-17(8-14)25(30,31)32/h1-4,7-9,19-20H,5-6,10-13,33H2/t19-,20?/m0/s1. The summed E-state index contributed by atoms with van der Waals surface area (Å²) in [6.45, 7) is -1.41. The van der Waals surface area contributed by atoms with Crippen molar-refractivity contribution in [2.45, 2.75) is 44.1 Å². The summed E-state index contributed by atoms with van der Waals surface area (Å²) in [5.41, 5.74) is 2.80. The third-order valence-electron chi connectivity index (χ3n) is 6.64. The minimum atomic E-state index is -5.06. The van der Waals surface area contributed by atoms with Crippen LogP contribution in [0, 0.1) is 0 Å². The largest absolute Gasteiger partial charge is 0.444 e. The number of amides is 3. The highest BCUT2D eigenvalue weighted by molar-refractivity contribution is 6.31. The number of hydrogen-bond acceptors (Lipinski definition) is 5. The second-order valence-corrected chi connectivity index (χ2v) is 9.66. The second-order valence-electron chi connectivity index (χ2n) is 9.26. The third-order valence-corrected chi connectivity index (χ3v) is 7.01. The number of nitrogens with two attached hydrogens (primary N) is 1. The van der Waals surface area contributed by atoms with Crippen LogP contribution in [0.25, 0.3) is 0 Å². The first-order valence-electron chi connectivity index (χ1n) is 12.0. The summed E-state index contributed by atoms with van der Waals surface area (Å²) < 4.78 is 84.3. The number of piperazine rings is 1. The Kier molecular flexibility index (Phi) is 8.22. The van der Waals surface area contributed by atoms with E-state index >= 15 is 0 Å². The fourth-order valence-corrected chi connectivity index (χ4v) is 4.92. The van der Waals surface area contributed by atoms with Crippen LogP contribution in [-0.4, -0.2) is 64.4 Å². The first-order valence-corrected chi connectivity index (χ1v) is 12.3. The van der Waals surface area contributed by atoms with E-state index in [0.29, 0.717) is 22.7 Å². The van der Waals surface area contributed by atoms with Crippen LogP contribution >= 0.6 is 11.6 Å². The number of fused-ring (bicyclic) bond motifs is 1. The Hall–Kier alpha value is -3.52. The molecule has 2 aliphatic rings. The Morgan fingerprint density at radius 1 is 1.02 bits per heavy atom. The van der Waals surface area contributed by atoms with E-state index in [2.05, 4.69) is 0 Å². The van der Waals surface area contributed by atoms with Crippen LogP contribution in [0.1, 0.15) is 28.7 Å². The Bertz CT molecular complexity index is 1270. The van der Waals surface area contributed by atoms with Crippen LogP contribution in [0.5, 0.6) is 0 Å². The molecule has 2 aromatic carbocycles. The van der Waals surface area contributed by atoms with E-state index in [-0.39, 0.29) is 38.7 Å². The molecule has 2 saturated heterocycles. The van der Waals surface area contributed by atoms with Crippen LogP contribution in [0.4, 0.5) is 31.1 Å². The lowest BCUT2D eigenvalue weighted by Gasteiger charge is -2.51. The van der Waals surface area contributed by atoms with E-state index < -0.39 is 65.8 Å². The molecule has 0 bridgehead atoms. The van der Waals surface area contributed by atoms with Crippen LogP contribution in [0.2, 0.25) is 5.02 Å². The van der Waals surface area contributed by atoms with Gasteiger partial charge in [-0.05, 0) is 35.4 Å². The van der Waals surface area contributed by atoms with E-state index in [1.165, 1.54) is 9.80 Å². The number of rotatable bonds is 5. The summed E-state index contributed by atoms with van der Waals surface area (Å²) in [5, 5.41) is 0.386. The Morgan fingerprint density at radius 3 is 2.23 bits per heavy atom. The summed E-state index contributed by atoms with van der Waals surface area (Å²) in [6, 6.07) is 6.53. The lowest BCUT2D eigenvalue weighted by Crippen LogP contribution is -2.72. The highest BCUT2D eigenvalue weighted by Gasteiger charge is 2.48. The van der Waals surface area contributed by atoms with Crippen molar-refractivity contribution in [1.82, 2.24) is 14.7 Å². The van der Waals surface area contributed by atoms with Gasteiger partial charge in [-0.3, -0.25) is 14.5 Å². The molecule has 4 rings (SSSR count). The summed E-state index contributed by atoms with van der Waals surface area (Å²) in [4.78, 5) is 42.6. The second kappa shape index (κ2) is 11.2. The van der Waals surface area contributed by atoms with E-state index in [1.807, 2.05) is 0 Å². The molecule has 2 aliphatic heterocycles. The number of nitrogens with zero attached hydrogens (tertiary/aromatic N) is 3. The summed E-state index contributed by atoms with van der Waals surface area (Å²) in [7, 11) is 0. The number of benzene rings is 2. The van der Waals surface area contributed by atoms with Crippen LogP contribution < -0.4 is 5.73 Å². The summed E-state index contributed by atoms with van der Waals surface area (Å²) >= 11 is 6.23. The molecule has 2 heterocycles. The van der Waals surface area contributed by atoms with Gasteiger partial charge >= 0.3 is 18.4 Å². The van der Waals surface area contributed by atoms with Crippen molar-refractivity contribution >= 4 is 29.5 Å². The van der Waals surface area contributed by atoms with E-state index in [9.17, 15) is 40.7 Å². The average Bonchev–Trinajstić information content (AvgIpc) is 2.88. The molecular formula is C25H23ClF6N4O4. The fraction of sp³-hybridized carbons (Fsp3) is 0.400. The van der Waals surface area contributed by atoms with Crippen molar-refractivity contribution in [3.8, 4) is 0 Å². The first-order chi connectivity index (χ1) is 18.7. The molecule has 2 aromatic rings. The van der Waals surface area contributed by atoms with Crippen molar-refractivity contribution in [1.29, 1.82) is 0 Å². The molecule has 2 N–H and O–H groups in total. The molecule has 8 nitrogen and oxygen atoms in total. The molecule has 0 spiro atoms. The van der Waals surface area contributed by atoms with Crippen molar-refractivity contribution in [3.05, 3.63) is 69.7 Å². The smallest absolute Gasteiger partial charge is 0.416 e. The van der Waals surface area contributed by atoms with Crippen molar-refractivity contribution in [3.63, 3.8) is 0 Å². The molecule has 216 valence electrons. The topological polar surface area (TPSA) is 96.2 Å². The molecule has 3 amide bonds. The van der Waals surface area contributed by atoms with Gasteiger partial charge in [0.25, 0.3) is 0 Å². The number of carbonyl (C=O) groups excluding carboxylic acids is 3.